The van der Waals surface area contributed by atoms with Crippen molar-refractivity contribution in [2.24, 2.45) is 0 Å². The number of hydrogen-bond acceptors (Lipinski definition) is 3. The van der Waals surface area contributed by atoms with Gasteiger partial charge in [0.2, 0.25) is 0 Å². The lowest BCUT2D eigenvalue weighted by Gasteiger charge is -2.18. The van der Waals surface area contributed by atoms with E-state index < -0.39 is 0 Å². The molecule has 126 valence electrons. The van der Waals surface area contributed by atoms with Crippen LogP contribution >= 0.6 is 0 Å². The summed E-state index contributed by atoms with van der Waals surface area (Å²) in [5.74, 6) is 0. The number of fused-ring (bicyclic) bond motifs is 1. The number of nitrogens with zero attached hydrogens (tertiary/aromatic N) is 1. The molecule has 0 saturated carbocycles. The predicted octanol–water partition coefficient (Wildman–Crippen LogP) is 3.78. The summed E-state index contributed by atoms with van der Waals surface area (Å²) in [4.78, 5) is 14.3. The first-order chi connectivity index (χ1) is 11.5. The molecule has 0 atom stereocenters. The first-order valence-electron chi connectivity index (χ1n) is 8.08. The highest BCUT2D eigenvalue weighted by molar-refractivity contribution is 6.00. The zero-order chi connectivity index (χ0) is 17.1. The molecule has 3 rings (SSSR count). The molecule has 0 fully saturated rings. The van der Waals surface area contributed by atoms with Crippen molar-refractivity contribution in [3.05, 3.63) is 53.1 Å². The minimum atomic E-state index is -0.247. The largest absolute Gasteiger partial charge is 0.377 e. The molecule has 0 aliphatic carbocycles. The lowest BCUT2D eigenvalue weighted by molar-refractivity contribution is 0.111. The second-order valence-corrected chi connectivity index (χ2v) is 6.26. The zero-order valence-corrected chi connectivity index (χ0v) is 14.3. The van der Waals surface area contributed by atoms with E-state index in [1.54, 1.807) is 0 Å². The third-order valence-corrected chi connectivity index (χ3v) is 4.17. The summed E-state index contributed by atoms with van der Waals surface area (Å²) >= 11 is 0. The zero-order valence-electron chi connectivity index (χ0n) is 14.3. The quantitative estimate of drug-likeness (QED) is 0.903. The fourth-order valence-corrected chi connectivity index (χ4v) is 2.97. The Morgan fingerprint density at radius 3 is 2.46 bits per heavy atom. The van der Waals surface area contributed by atoms with Gasteiger partial charge in [-0.3, -0.25) is 0 Å². The Morgan fingerprint density at radius 2 is 1.75 bits per heavy atom. The minimum absolute atomic E-state index is 0.247. The van der Waals surface area contributed by atoms with Crippen LogP contribution in [0.3, 0.4) is 0 Å². The minimum Gasteiger partial charge on any atom is -0.377 e. The number of amides is 2. The van der Waals surface area contributed by atoms with Crippen molar-refractivity contribution in [1.82, 2.24) is 0 Å². The maximum atomic E-state index is 12.2. The average molecular weight is 325 g/mol. The van der Waals surface area contributed by atoms with Gasteiger partial charge in [0.1, 0.15) is 0 Å². The lowest BCUT2D eigenvalue weighted by atomic mass is 10.0. The molecule has 2 aromatic rings. The molecule has 2 N–H and O–H groups in total. The van der Waals surface area contributed by atoms with E-state index in [2.05, 4.69) is 16.7 Å². The molecule has 5 nitrogen and oxygen atoms in total. The third-order valence-electron chi connectivity index (χ3n) is 4.17. The normalized spacial score (nSPS) is 13.1. The number of rotatable bonds is 3. The second-order valence-electron chi connectivity index (χ2n) is 6.26. The summed E-state index contributed by atoms with van der Waals surface area (Å²) in [7, 11) is 4.00. The topological polar surface area (TPSA) is 53.6 Å². The van der Waals surface area contributed by atoms with Crippen LogP contribution in [0.2, 0.25) is 0 Å². The summed E-state index contributed by atoms with van der Waals surface area (Å²) in [5, 5.41) is 5.76. The molecule has 1 aliphatic heterocycles. The van der Waals surface area contributed by atoms with Crippen LogP contribution < -0.4 is 15.5 Å². The summed E-state index contributed by atoms with van der Waals surface area (Å²) in [6.07, 6.45) is 0.930. The van der Waals surface area contributed by atoms with Gasteiger partial charge in [-0.2, -0.15) is 0 Å². The van der Waals surface area contributed by atoms with Crippen LogP contribution in [-0.4, -0.2) is 26.7 Å². The first kappa shape index (κ1) is 16.3. The van der Waals surface area contributed by atoms with Crippen LogP contribution in [0.25, 0.3) is 0 Å². The number of ether oxygens (including phenoxy) is 1. The van der Waals surface area contributed by atoms with Gasteiger partial charge in [0.05, 0.1) is 13.2 Å². The number of carbonyl (C=O) groups excluding carboxylic acids is 1. The number of benzene rings is 2. The molecule has 2 amide bonds. The van der Waals surface area contributed by atoms with Gasteiger partial charge in [0, 0.05) is 31.2 Å². The van der Waals surface area contributed by atoms with Crippen LogP contribution in [0.4, 0.5) is 21.9 Å². The Bertz CT molecular complexity index is 756. The van der Waals surface area contributed by atoms with Crippen molar-refractivity contribution >= 4 is 23.1 Å². The SMILES string of the molecule is Cc1cc(NC(=O)Nc2ccc3c(c2)COCC3)ccc1N(C)C. The van der Waals surface area contributed by atoms with Crippen LogP contribution in [0.1, 0.15) is 16.7 Å². The molecule has 0 spiro atoms. The molecule has 0 aromatic heterocycles. The lowest BCUT2D eigenvalue weighted by Crippen LogP contribution is -2.20. The molecular weight excluding hydrogens is 302 g/mol. The third kappa shape index (κ3) is 3.68. The van der Waals surface area contributed by atoms with Crippen molar-refractivity contribution in [1.29, 1.82) is 0 Å². The van der Waals surface area contributed by atoms with E-state index in [4.69, 9.17) is 4.74 Å². The van der Waals surface area contributed by atoms with Gasteiger partial charge >= 0.3 is 6.03 Å². The summed E-state index contributed by atoms with van der Waals surface area (Å²) < 4.78 is 5.46. The Labute approximate surface area is 142 Å². The van der Waals surface area contributed by atoms with E-state index in [9.17, 15) is 4.79 Å². The van der Waals surface area contributed by atoms with Gasteiger partial charge in [-0.05, 0) is 60.4 Å². The fourth-order valence-electron chi connectivity index (χ4n) is 2.97. The van der Waals surface area contributed by atoms with Gasteiger partial charge in [0.15, 0.2) is 0 Å². The van der Waals surface area contributed by atoms with E-state index in [1.165, 1.54) is 5.56 Å². The molecule has 24 heavy (non-hydrogen) atoms. The van der Waals surface area contributed by atoms with Crippen molar-refractivity contribution in [2.75, 3.05) is 36.2 Å². The average Bonchev–Trinajstić information content (AvgIpc) is 2.54. The number of hydrogen-bond donors (Lipinski definition) is 2. The standard InChI is InChI=1S/C19H23N3O2/c1-13-10-16(6-7-18(13)22(2)3)20-19(23)21-17-5-4-14-8-9-24-12-15(14)11-17/h4-7,10-11H,8-9,12H2,1-3H3,(H2,20,21,23). The molecule has 0 radical (unpaired) electrons. The monoisotopic (exact) mass is 325 g/mol. The summed E-state index contributed by atoms with van der Waals surface area (Å²) in [6, 6.07) is 11.6. The summed E-state index contributed by atoms with van der Waals surface area (Å²) in [6.45, 7) is 3.40. The number of anilines is 3. The molecule has 0 unspecified atom stereocenters. The van der Waals surface area contributed by atoms with Gasteiger partial charge in [0.25, 0.3) is 0 Å². The Morgan fingerprint density at radius 1 is 1.04 bits per heavy atom. The predicted molar refractivity (Wildman–Crippen MR) is 97.9 cm³/mol. The smallest absolute Gasteiger partial charge is 0.323 e. The van der Waals surface area contributed by atoms with Crippen molar-refractivity contribution < 1.29 is 9.53 Å². The molecule has 0 saturated heterocycles. The number of carbonyl (C=O) groups is 1. The highest BCUT2D eigenvalue weighted by Crippen LogP contribution is 2.23. The van der Waals surface area contributed by atoms with Gasteiger partial charge in [-0.15, -0.1) is 0 Å². The fraction of sp³-hybridized carbons (Fsp3) is 0.316. The molecule has 5 heteroatoms. The van der Waals surface area contributed by atoms with Crippen LogP contribution in [0.5, 0.6) is 0 Å². The number of urea groups is 1. The van der Waals surface area contributed by atoms with Gasteiger partial charge in [-0.25, -0.2) is 4.79 Å². The van der Waals surface area contributed by atoms with Gasteiger partial charge < -0.3 is 20.3 Å². The Balaban J connectivity index is 1.66. The number of aryl methyl sites for hydroxylation is 1. The van der Waals surface area contributed by atoms with Crippen LogP contribution in [0, 0.1) is 6.92 Å². The van der Waals surface area contributed by atoms with Crippen molar-refractivity contribution in [3.8, 4) is 0 Å². The van der Waals surface area contributed by atoms with E-state index >= 15 is 0 Å². The molecule has 1 aliphatic rings. The second kappa shape index (κ2) is 6.93. The van der Waals surface area contributed by atoms with E-state index in [0.717, 1.165) is 41.2 Å². The Kier molecular flexibility index (Phi) is 4.71. The van der Waals surface area contributed by atoms with Crippen LogP contribution in [-0.2, 0) is 17.8 Å². The maximum absolute atomic E-state index is 12.2. The Hall–Kier alpha value is -2.53. The molecule has 2 aromatic carbocycles. The van der Waals surface area contributed by atoms with E-state index in [0.29, 0.717) is 6.61 Å². The van der Waals surface area contributed by atoms with Crippen molar-refractivity contribution in [2.45, 2.75) is 20.0 Å². The highest BCUT2D eigenvalue weighted by atomic mass is 16.5. The molecular formula is C19H23N3O2. The van der Waals surface area contributed by atoms with E-state index in [1.807, 2.05) is 56.3 Å². The molecule has 1 heterocycles. The van der Waals surface area contributed by atoms with Crippen molar-refractivity contribution in [3.63, 3.8) is 0 Å². The first-order valence-corrected chi connectivity index (χ1v) is 8.08. The summed E-state index contributed by atoms with van der Waals surface area (Å²) in [5.41, 5.74) is 6.24. The highest BCUT2D eigenvalue weighted by Gasteiger charge is 2.11. The maximum Gasteiger partial charge on any atom is 0.323 e. The van der Waals surface area contributed by atoms with Crippen LogP contribution in [0.15, 0.2) is 36.4 Å². The molecule has 0 bridgehead atoms. The van der Waals surface area contributed by atoms with Gasteiger partial charge in [-0.1, -0.05) is 6.07 Å². The van der Waals surface area contributed by atoms with E-state index in [-0.39, 0.29) is 6.03 Å². The number of nitrogens with one attached hydrogen (secondary N) is 2.